The minimum Gasteiger partial charge on any atom is -0.436 e. The van der Waals surface area contributed by atoms with Gasteiger partial charge in [0.1, 0.15) is 5.52 Å². The summed E-state index contributed by atoms with van der Waals surface area (Å²) in [6.07, 6.45) is 0. The van der Waals surface area contributed by atoms with Crippen molar-refractivity contribution in [2.75, 3.05) is 5.32 Å². The molecule has 0 saturated carbocycles. The summed E-state index contributed by atoms with van der Waals surface area (Å²) in [6, 6.07) is 11.2. The summed E-state index contributed by atoms with van der Waals surface area (Å²) in [5.41, 5.74) is 3.93. The maximum Gasteiger partial charge on any atom is 0.228 e. The molecule has 0 radical (unpaired) electrons. The minimum atomic E-state index is -0.167. The van der Waals surface area contributed by atoms with E-state index in [1.165, 1.54) is 0 Å². The van der Waals surface area contributed by atoms with Gasteiger partial charge in [-0.2, -0.15) is 0 Å². The van der Waals surface area contributed by atoms with Gasteiger partial charge in [-0.15, -0.1) is 0 Å². The van der Waals surface area contributed by atoms with E-state index in [2.05, 4.69) is 15.6 Å². The number of rotatable bonds is 3. The number of anilines is 1. The Hall–Kier alpha value is -2.44. The van der Waals surface area contributed by atoms with Crippen LogP contribution in [0, 0.1) is 12.8 Å². The van der Waals surface area contributed by atoms with Gasteiger partial charge < -0.3 is 15.1 Å². The van der Waals surface area contributed by atoms with Crippen LogP contribution < -0.4 is 10.6 Å². The van der Waals surface area contributed by atoms with Gasteiger partial charge in [-0.05, 0) is 55.0 Å². The fraction of sp³-hybridized carbons (Fsp3) is 0.211. The summed E-state index contributed by atoms with van der Waals surface area (Å²) in [6.45, 7) is 5.58. The van der Waals surface area contributed by atoms with Crippen LogP contribution in [0.5, 0.6) is 0 Å². The lowest BCUT2D eigenvalue weighted by Gasteiger charge is -2.12. The SMILES string of the molecule is Cc1ccc2nc(-c3ccc(Cl)c(NC(=S)NC(=O)C(C)C)c3)oc2c1. The van der Waals surface area contributed by atoms with Crippen LogP contribution >= 0.6 is 23.8 Å². The molecule has 1 heterocycles. The molecule has 5 nitrogen and oxygen atoms in total. The van der Waals surface area contributed by atoms with Gasteiger partial charge in [0.05, 0.1) is 10.7 Å². The van der Waals surface area contributed by atoms with Gasteiger partial charge >= 0.3 is 0 Å². The molecule has 0 aliphatic rings. The first kappa shape index (κ1) is 18.4. The summed E-state index contributed by atoms with van der Waals surface area (Å²) in [4.78, 5) is 16.3. The van der Waals surface area contributed by atoms with Crippen molar-refractivity contribution in [2.45, 2.75) is 20.8 Å². The molecule has 0 bridgehead atoms. The number of halogens is 1. The summed E-state index contributed by atoms with van der Waals surface area (Å²) < 4.78 is 5.85. The summed E-state index contributed by atoms with van der Waals surface area (Å²) in [5.74, 6) is 0.159. The quantitative estimate of drug-likeness (QED) is 0.624. The van der Waals surface area contributed by atoms with Crippen molar-refractivity contribution >= 4 is 51.6 Å². The van der Waals surface area contributed by atoms with Crippen molar-refractivity contribution in [3.8, 4) is 11.5 Å². The second kappa shape index (κ2) is 7.43. The molecule has 1 amide bonds. The number of aromatic nitrogens is 1. The normalized spacial score (nSPS) is 11.0. The van der Waals surface area contributed by atoms with Crippen molar-refractivity contribution in [3.63, 3.8) is 0 Å². The van der Waals surface area contributed by atoms with E-state index >= 15 is 0 Å². The smallest absolute Gasteiger partial charge is 0.228 e. The standard InChI is InChI=1S/C19H18ClN3O2S/c1-10(2)17(24)23-19(26)22-15-9-12(5-6-13(15)20)18-21-14-7-4-11(3)8-16(14)25-18/h4-10H,1-3H3,(H2,22,23,24,26). The van der Waals surface area contributed by atoms with Crippen LogP contribution in [-0.2, 0) is 4.79 Å². The average Bonchev–Trinajstić information content (AvgIpc) is 2.99. The van der Waals surface area contributed by atoms with Crippen molar-refractivity contribution in [1.82, 2.24) is 10.3 Å². The van der Waals surface area contributed by atoms with Crippen LogP contribution in [0.25, 0.3) is 22.6 Å². The van der Waals surface area contributed by atoms with Crippen LogP contribution in [0.15, 0.2) is 40.8 Å². The van der Waals surface area contributed by atoms with Gasteiger partial charge in [-0.25, -0.2) is 4.98 Å². The van der Waals surface area contributed by atoms with Gasteiger partial charge in [0.15, 0.2) is 10.7 Å². The van der Waals surface area contributed by atoms with Gasteiger partial charge in [-0.1, -0.05) is 31.5 Å². The molecule has 0 aliphatic carbocycles. The van der Waals surface area contributed by atoms with Crippen molar-refractivity contribution < 1.29 is 9.21 Å². The zero-order valence-electron chi connectivity index (χ0n) is 14.6. The largest absolute Gasteiger partial charge is 0.436 e. The molecule has 1 aromatic heterocycles. The Morgan fingerprint density at radius 3 is 2.73 bits per heavy atom. The molecule has 134 valence electrons. The van der Waals surface area contributed by atoms with E-state index < -0.39 is 0 Å². The molecule has 26 heavy (non-hydrogen) atoms. The number of hydrogen-bond acceptors (Lipinski definition) is 4. The summed E-state index contributed by atoms with van der Waals surface area (Å²) in [7, 11) is 0. The van der Waals surface area contributed by atoms with Crippen LogP contribution in [0.4, 0.5) is 5.69 Å². The van der Waals surface area contributed by atoms with E-state index in [0.717, 1.165) is 22.2 Å². The highest BCUT2D eigenvalue weighted by Crippen LogP contribution is 2.30. The Morgan fingerprint density at radius 1 is 1.23 bits per heavy atom. The number of benzene rings is 2. The third-order valence-electron chi connectivity index (χ3n) is 3.77. The molecule has 0 saturated heterocycles. The highest BCUT2D eigenvalue weighted by molar-refractivity contribution is 7.80. The van der Waals surface area contributed by atoms with Crippen LogP contribution in [0.1, 0.15) is 19.4 Å². The van der Waals surface area contributed by atoms with Crippen LogP contribution in [-0.4, -0.2) is 16.0 Å². The maximum absolute atomic E-state index is 11.7. The monoisotopic (exact) mass is 387 g/mol. The Balaban J connectivity index is 1.86. The highest BCUT2D eigenvalue weighted by atomic mass is 35.5. The van der Waals surface area contributed by atoms with Gasteiger partial charge in [0.25, 0.3) is 0 Å². The predicted molar refractivity (Wildman–Crippen MR) is 108 cm³/mol. The number of amides is 1. The highest BCUT2D eigenvalue weighted by Gasteiger charge is 2.13. The summed E-state index contributed by atoms with van der Waals surface area (Å²) >= 11 is 11.4. The first-order valence-corrected chi connectivity index (χ1v) is 8.91. The lowest BCUT2D eigenvalue weighted by Crippen LogP contribution is -2.36. The molecular formula is C19H18ClN3O2S. The van der Waals surface area contributed by atoms with Gasteiger partial charge in [0.2, 0.25) is 11.8 Å². The van der Waals surface area contributed by atoms with Gasteiger partial charge in [0, 0.05) is 11.5 Å². The minimum absolute atomic E-state index is 0.163. The Bertz CT molecular complexity index is 998. The average molecular weight is 388 g/mol. The molecule has 0 atom stereocenters. The zero-order valence-corrected chi connectivity index (χ0v) is 16.2. The number of thiocarbonyl (C=S) groups is 1. The number of hydrogen-bond donors (Lipinski definition) is 2. The van der Waals surface area contributed by atoms with E-state index in [-0.39, 0.29) is 16.9 Å². The van der Waals surface area contributed by atoms with Crippen molar-refractivity contribution in [3.05, 3.63) is 47.0 Å². The second-order valence-corrected chi connectivity index (χ2v) is 7.10. The first-order chi connectivity index (χ1) is 12.3. The molecule has 0 unspecified atom stereocenters. The molecule has 0 aliphatic heterocycles. The zero-order chi connectivity index (χ0) is 18.8. The maximum atomic E-state index is 11.7. The Morgan fingerprint density at radius 2 is 2.00 bits per heavy atom. The van der Waals surface area contributed by atoms with E-state index in [1.54, 1.807) is 26.0 Å². The molecule has 7 heteroatoms. The van der Waals surface area contributed by atoms with Crippen molar-refractivity contribution in [2.24, 2.45) is 5.92 Å². The molecular weight excluding hydrogens is 370 g/mol. The molecule has 3 aromatic rings. The number of nitrogens with one attached hydrogen (secondary N) is 2. The number of carbonyl (C=O) groups excluding carboxylic acids is 1. The van der Waals surface area contributed by atoms with Crippen molar-refractivity contribution in [1.29, 1.82) is 0 Å². The fourth-order valence-electron chi connectivity index (χ4n) is 2.32. The summed E-state index contributed by atoms with van der Waals surface area (Å²) in [5, 5.41) is 6.24. The van der Waals surface area contributed by atoms with E-state index in [9.17, 15) is 4.79 Å². The predicted octanol–water partition coefficient (Wildman–Crippen LogP) is 4.93. The molecule has 3 rings (SSSR count). The number of nitrogens with zero attached hydrogens (tertiary/aromatic N) is 1. The molecule has 0 spiro atoms. The Labute approximate surface area is 161 Å². The lowest BCUT2D eigenvalue weighted by molar-refractivity contribution is -0.122. The van der Waals surface area contributed by atoms with Crippen LogP contribution in [0.3, 0.4) is 0 Å². The Kier molecular flexibility index (Phi) is 5.25. The van der Waals surface area contributed by atoms with Gasteiger partial charge in [-0.3, -0.25) is 4.79 Å². The lowest BCUT2D eigenvalue weighted by atomic mass is 10.2. The molecule has 2 aromatic carbocycles. The third-order valence-corrected chi connectivity index (χ3v) is 4.30. The van der Waals surface area contributed by atoms with E-state index in [4.69, 9.17) is 28.2 Å². The van der Waals surface area contributed by atoms with Crippen LogP contribution in [0.2, 0.25) is 5.02 Å². The fourth-order valence-corrected chi connectivity index (χ4v) is 2.69. The second-order valence-electron chi connectivity index (χ2n) is 6.28. The third kappa shape index (κ3) is 4.03. The first-order valence-electron chi connectivity index (χ1n) is 8.12. The van der Waals surface area contributed by atoms with E-state index in [0.29, 0.717) is 16.6 Å². The number of fused-ring (bicyclic) bond motifs is 1. The number of oxazole rings is 1. The molecule has 2 N–H and O–H groups in total. The topological polar surface area (TPSA) is 67.2 Å². The molecule has 0 fully saturated rings. The number of aryl methyl sites for hydroxylation is 1. The number of carbonyl (C=O) groups is 1. The van der Waals surface area contributed by atoms with E-state index in [1.807, 2.05) is 31.2 Å².